The monoisotopic (exact) mass is 488 g/mol. The largest absolute Gasteiger partial charge is 0.364 e. The van der Waals surface area contributed by atoms with Crippen LogP contribution in [-0.4, -0.2) is 44.0 Å². The van der Waals surface area contributed by atoms with E-state index in [-0.39, 0.29) is 29.5 Å². The molecule has 178 valence electrons. The van der Waals surface area contributed by atoms with Crippen molar-refractivity contribution in [3.05, 3.63) is 87.0 Å². The van der Waals surface area contributed by atoms with Crippen LogP contribution in [0.15, 0.2) is 58.8 Å². The van der Waals surface area contributed by atoms with Gasteiger partial charge in [-0.05, 0) is 55.2 Å². The molecule has 4 aromatic rings. The first-order chi connectivity index (χ1) is 16.9. The first-order valence-corrected chi connectivity index (χ1v) is 12.3. The maximum Gasteiger partial charge on any atom is 0.252 e. The molecule has 0 spiro atoms. The molecule has 1 aromatic carbocycles. The van der Waals surface area contributed by atoms with Crippen molar-refractivity contribution < 1.29 is 4.39 Å². The summed E-state index contributed by atoms with van der Waals surface area (Å²) in [5.74, 6) is -0.260. The molecule has 1 saturated heterocycles. The number of rotatable bonds is 4. The highest BCUT2D eigenvalue weighted by Crippen LogP contribution is 2.36. The predicted molar refractivity (Wildman–Crippen MR) is 135 cm³/mol. The quantitative estimate of drug-likeness (QED) is 0.431. The number of nitrogens with zero attached hydrogens (tertiary/aromatic N) is 6. The summed E-state index contributed by atoms with van der Waals surface area (Å²) in [4.78, 5) is 22.0. The third-order valence-electron chi connectivity index (χ3n) is 6.81. The van der Waals surface area contributed by atoms with Crippen LogP contribution >= 0.6 is 11.5 Å². The summed E-state index contributed by atoms with van der Waals surface area (Å²) < 4.78 is 19.5. The zero-order chi connectivity index (χ0) is 24.7. The molecule has 1 aliphatic heterocycles. The molecule has 0 bridgehead atoms. The van der Waals surface area contributed by atoms with Gasteiger partial charge in [0, 0.05) is 55.4 Å². The minimum Gasteiger partial charge on any atom is -0.364 e. The molecule has 9 heteroatoms. The van der Waals surface area contributed by atoms with E-state index in [0.29, 0.717) is 29.8 Å². The fraction of sp³-hybridized carbons (Fsp3) is 0.308. The van der Waals surface area contributed by atoms with Gasteiger partial charge in [-0.2, -0.15) is 5.26 Å². The molecular formula is C26H25FN6OS. The van der Waals surface area contributed by atoms with Crippen LogP contribution < -0.4 is 10.5 Å². The molecule has 0 saturated carbocycles. The molecule has 3 atom stereocenters. The minimum absolute atomic E-state index is 0.0577. The van der Waals surface area contributed by atoms with E-state index < -0.39 is 0 Å². The zero-order valence-corrected chi connectivity index (χ0v) is 20.5. The van der Waals surface area contributed by atoms with Gasteiger partial charge >= 0.3 is 0 Å². The highest BCUT2D eigenvalue weighted by molar-refractivity contribution is 7.03. The summed E-state index contributed by atoms with van der Waals surface area (Å²) in [6.45, 7) is 5.67. The number of nitriles is 1. The number of pyridine rings is 2. The molecule has 1 fully saturated rings. The van der Waals surface area contributed by atoms with Crippen molar-refractivity contribution in [1.29, 1.82) is 5.26 Å². The number of piperazine rings is 1. The number of benzene rings is 1. The summed E-state index contributed by atoms with van der Waals surface area (Å²) in [6.07, 6.45) is 1.88. The maximum atomic E-state index is 13.7. The summed E-state index contributed by atoms with van der Waals surface area (Å²) in [7, 11) is 1.72. The molecule has 1 unspecified atom stereocenters. The maximum absolute atomic E-state index is 13.7. The molecule has 1 aliphatic rings. The van der Waals surface area contributed by atoms with E-state index >= 15 is 0 Å². The van der Waals surface area contributed by atoms with Crippen LogP contribution in [0.25, 0.3) is 11.0 Å². The fourth-order valence-electron chi connectivity index (χ4n) is 5.01. The van der Waals surface area contributed by atoms with Gasteiger partial charge in [0.15, 0.2) is 0 Å². The summed E-state index contributed by atoms with van der Waals surface area (Å²) in [6, 6.07) is 13.9. The number of anilines is 1. The Kier molecular flexibility index (Phi) is 6.09. The molecule has 3 aromatic heterocycles. The van der Waals surface area contributed by atoms with Crippen molar-refractivity contribution in [3.8, 4) is 6.07 Å². The van der Waals surface area contributed by atoms with E-state index in [9.17, 15) is 14.4 Å². The summed E-state index contributed by atoms with van der Waals surface area (Å²) in [5.41, 5.74) is 4.38. The normalized spacial score (nSPS) is 19.6. The van der Waals surface area contributed by atoms with Crippen molar-refractivity contribution in [2.75, 3.05) is 18.0 Å². The van der Waals surface area contributed by atoms with Crippen LogP contribution in [0.4, 0.5) is 10.1 Å². The number of halogens is 1. The van der Waals surface area contributed by atoms with Crippen LogP contribution in [-0.2, 0) is 7.05 Å². The Morgan fingerprint density at radius 3 is 2.57 bits per heavy atom. The lowest BCUT2D eigenvalue weighted by molar-refractivity contribution is 0.130. The average Bonchev–Trinajstić information content (AvgIpc) is 3.39. The molecule has 0 aliphatic carbocycles. The van der Waals surface area contributed by atoms with E-state index in [0.717, 1.165) is 16.8 Å². The lowest BCUT2D eigenvalue weighted by Crippen LogP contribution is -2.57. The molecule has 5 rings (SSSR count). The van der Waals surface area contributed by atoms with Gasteiger partial charge in [0.25, 0.3) is 5.56 Å². The van der Waals surface area contributed by atoms with Crippen molar-refractivity contribution in [1.82, 2.24) is 18.8 Å². The summed E-state index contributed by atoms with van der Waals surface area (Å²) in [5, 5.41) is 11.4. The number of hydrogen-bond donors (Lipinski definition) is 0. The molecule has 4 heterocycles. The number of fused-ring (bicyclic) bond motifs is 1. The Bertz CT molecular complexity index is 1460. The highest BCUT2D eigenvalue weighted by Gasteiger charge is 2.36. The van der Waals surface area contributed by atoms with Crippen LogP contribution in [0, 0.1) is 17.1 Å². The average molecular weight is 489 g/mol. The molecule has 7 nitrogen and oxygen atoms in total. The van der Waals surface area contributed by atoms with Gasteiger partial charge in [0.05, 0.1) is 17.2 Å². The first kappa shape index (κ1) is 23.1. The second kappa shape index (κ2) is 9.21. The van der Waals surface area contributed by atoms with Gasteiger partial charge in [-0.15, -0.1) is 0 Å². The fourth-order valence-corrected chi connectivity index (χ4v) is 5.57. The zero-order valence-electron chi connectivity index (χ0n) is 19.7. The molecule has 35 heavy (non-hydrogen) atoms. The lowest BCUT2D eigenvalue weighted by atomic mass is 9.95. The smallest absolute Gasteiger partial charge is 0.252 e. The third-order valence-corrected chi connectivity index (χ3v) is 7.42. The van der Waals surface area contributed by atoms with E-state index in [2.05, 4.69) is 39.1 Å². The molecule has 0 amide bonds. The van der Waals surface area contributed by atoms with Crippen LogP contribution in [0.5, 0.6) is 0 Å². The lowest BCUT2D eigenvalue weighted by Gasteiger charge is -2.48. The van der Waals surface area contributed by atoms with E-state index in [4.69, 9.17) is 0 Å². The van der Waals surface area contributed by atoms with Crippen molar-refractivity contribution in [2.24, 2.45) is 7.05 Å². The highest BCUT2D eigenvalue weighted by atomic mass is 32.1. The predicted octanol–water partition coefficient (Wildman–Crippen LogP) is 4.09. The Morgan fingerprint density at radius 2 is 1.89 bits per heavy atom. The van der Waals surface area contributed by atoms with Crippen LogP contribution in [0.2, 0.25) is 0 Å². The minimum atomic E-state index is -0.260. The number of hydrogen-bond acceptors (Lipinski definition) is 7. The summed E-state index contributed by atoms with van der Waals surface area (Å²) >= 11 is 1.40. The van der Waals surface area contributed by atoms with Gasteiger partial charge in [-0.25, -0.2) is 13.7 Å². The SMILES string of the molecule is C[C@@H]1CN(c2cc(=O)n(C)c3ccc(C#N)nc23)[C@@H](C)CN1C(c1ccc(F)cc1)c1cnsc1. The second-order valence-corrected chi connectivity index (χ2v) is 9.72. The van der Waals surface area contributed by atoms with Gasteiger partial charge in [0.1, 0.15) is 23.1 Å². The van der Waals surface area contributed by atoms with E-state index in [1.165, 1.54) is 23.7 Å². The topological polar surface area (TPSA) is 78.0 Å². The van der Waals surface area contributed by atoms with Crippen LogP contribution in [0.1, 0.15) is 36.7 Å². The van der Waals surface area contributed by atoms with Gasteiger partial charge in [0.2, 0.25) is 0 Å². The van der Waals surface area contributed by atoms with Gasteiger partial charge in [-0.3, -0.25) is 9.69 Å². The Labute approximate surface area is 206 Å². The Morgan fingerprint density at radius 1 is 1.11 bits per heavy atom. The van der Waals surface area contributed by atoms with Crippen molar-refractivity contribution in [2.45, 2.75) is 32.0 Å². The first-order valence-electron chi connectivity index (χ1n) is 11.5. The number of aryl methyl sites for hydroxylation is 1. The standard InChI is InChI=1S/C26H25FN6OS/c1-16-14-33(26(19-12-29-35-15-19)18-4-6-20(27)7-5-18)17(2)13-32(16)23-10-24(34)31(3)22-9-8-21(11-28)30-25(22)23/h4-10,12,15-17,26H,13-14H2,1-3H3/t16-,17+,26?/m0/s1. The molecule has 0 N–H and O–H groups in total. The Balaban J connectivity index is 1.54. The molecular weight excluding hydrogens is 463 g/mol. The van der Waals surface area contributed by atoms with Gasteiger partial charge < -0.3 is 9.47 Å². The second-order valence-electron chi connectivity index (χ2n) is 9.06. The molecule has 0 radical (unpaired) electrons. The Hall–Kier alpha value is -3.61. The van der Waals surface area contributed by atoms with E-state index in [1.54, 1.807) is 29.8 Å². The van der Waals surface area contributed by atoms with E-state index in [1.807, 2.05) is 23.7 Å². The third kappa shape index (κ3) is 4.20. The van der Waals surface area contributed by atoms with Crippen molar-refractivity contribution in [3.63, 3.8) is 0 Å². The number of aromatic nitrogens is 3. The van der Waals surface area contributed by atoms with Crippen LogP contribution in [0.3, 0.4) is 0 Å². The van der Waals surface area contributed by atoms with Crippen molar-refractivity contribution >= 4 is 28.3 Å². The van der Waals surface area contributed by atoms with Gasteiger partial charge in [-0.1, -0.05) is 12.1 Å².